The molecule has 3 N–H and O–H groups in total. The van der Waals surface area contributed by atoms with Crippen molar-refractivity contribution in [2.45, 2.75) is 17.0 Å². The molecule has 6 rings (SSSR count). The number of aromatic nitrogens is 2. The number of rotatable bonds is 13. The van der Waals surface area contributed by atoms with Crippen LogP contribution >= 0.6 is 34.9 Å². The molecular weight excluding hydrogens is 679 g/mol. The molecule has 1 aromatic heterocycles. The number of carbonyl (C=O) groups excluding carboxylic acids is 2. The molecule has 4 aromatic rings. The van der Waals surface area contributed by atoms with Crippen LogP contribution in [0.15, 0.2) is 96.2 Å². The Hall–Kier alpha value is -4.53. The molecule has 0 saturated carbocycles. The van der Waals surface area contributed by atoms with Gasteiger partial charge < -0.3 is 25.5 Å². The number of thioether (sulfide) groups is 1. The molecule has 0 radical (unpaired) electrons. The van der Waals surface area contributed by atoms with Gasteiger partial charge in [-0.25, -0.2) is 4.39 Å². The van der Waals surface area contributed by atoms with Crippen molar-refractivity contribution in [2.24, 2.45) is 10.6 Å². The summed E-state index contributed by atoms with van der Waals surface area (Å²) >= 11 is 8.20. The summed E-state index contributed by atoms with van der Waals surface area (Å²) < 4.78 is 17.3. The van der Waals surface area contributed by atoms with Crippen molar-refractivity contribution in [3.63, 3.8) is 0 Å². The second kappa shape index (κ2) is 14.3. The number of aliphatic carboxylic acids is 1. The highest BCUT2D eigenvalue weighted by atomic mass is 35.5. The monoisotopic (exact) mass is 708 g/mol. The molecule has 3 atom stereocenters. The number of anilines is 1. The fourth-order valence-corrected chi connectivity index (χ4v) is 8.32. The number of carboxylic acids is 1. The minimum atomic E-state index is -1.28. The summed E-state index contributed by atoms with van der Waals surface area (Å²) in [5.41, 5.74) is 0.246. The summed E-state index contributed by atoms with van der Waals surface area (Å²) in [5.74, 6) is -2.41. The van der Waals surface area contributed by atoms with E-state index in [2.05, 4.69) is 25.1 Å². The predicted octanol–water partition coefficient (Wildman–Crippen LogP) is 4.34. The average molecular weight is 709 g/mol. The number of halogens is 2. The number of oxime groups is 1. The number of hydrogen-bond acceptors (Lipinski definition) is 10. The first-order valence-corrected chi connectivity index (χ1v) is 17.3. The van der Waals surface area contributed by atoms with E-state index in [-0.39, 0.29) is 29.7 Å². The van der Waals surface area contributed by atoms with Crippen LogP contribution in [0.5, 0.6) is 0 Å². The van der Waals surface area contributed by atoms with Gasteiger partial charge in [0, 0.05) is 29.7 Å². The minimum Gasteiger partial charge on any atom is -0.481 e. The maximum atomic E-state index is 13.6. The van der Waals surface area contributed by atoms with Crippen LogP contribution in [0.25, 0.3) is 0 Å². The Bertz CT molecular complexity index is 1710. The topological polar surface area (TPSA) is 146 Å². The van der Waals surface area contributed by atoms with Gasteiger partial charge in [0.1, 0.15) is 35.7 Å². The van der Waals surface area contributed by atoms with Crippen molar-refractivity contribution >= 4 is 63.5 Å². The Morgan fingerprint density at radius 1 is 1.04 bits per heavy atom. The standard InChI is InChI=1S/C33H30ClFN6O5S2/c34-18-32(30(44)45)19-41-28(43)25(29(41)47-20-32)36-27(42)24(39-46-17-16-35)26-37-31(48-40-26)38-33(21-10-4-1-5-11-21,22-12-6-2-7-13-22)23-14-8-3-9-15-23/h1-15,25,29H,16-20H2,(H,36,42)(H,44,45)(H,37,38,40)/t25-,29-,32?/m1/s1. The van der Waals surface area contributed by atoms with Crippen molar-refractivity contribution in [3.8, 4) is 0 Å². The Labute approximate surface area is 288 Å². The number of amides is 2. The lowest BCUT2D eigenvalue weighted by Gasteiger charge is -2.53. The van der Waals surface area contributed by atoms with Crippen LogP contribution in [-0.2, 0) is 24.8 Å². The quantitative estimate of drug-likeness (QED) is 0.0461. The van der Waals surface area contributed by atoms with Gasteiger partial charge in [-0.15, -0.1) is 23.4 Å². The van der Waals surface area contributed by atoms with Gasteiger partial charge in [-0.3, -0.25) is 14.4 Å². The van der Waals surface area contributed by atoms with Crippen molar-refractivity contribution < 1.29 is 28.7 Å². The second-order valence-electron chi connectivity index (χ2n) is 11.2. The number of nitrogens with zero attached hydrogens (tertiary/aromatic N) is 4. The van der Waals surface area contributed by atoms with Crippen molar-refractivity contribution in [1.29, 1.82) is 0 Å². The van der Waals surface area contributed by atoms with Gasteiger partial charge in [0.25, 0.3) is 5.91 Å². The average Bonchev–Trinajstić information content (AvgIpc) is 3.59. The summed E-state index contributed by atoms with van der Waals surface area (Å²) in [6, 6.07) is 28.6. The zero-order valence-electron chi connectivity index (χ0n) is 25.3. The highest BCUT2D eigenvalue weighted by Gasteiger charge is 2.57. The van der Waals surface area contributed by atoms with Gasteiger partial charge in [0.05, 0.1) is 0 Å². The number of alkyl halides is 2. The molecule has 1 unspecified atom stereocenters. The third-order valence-corrected chi connectivity index (χ3v) is 11.0. The van der Waals surface area contributed by atoms with Crippen molar-refractivity contribution in [2.75, 3.05) is 36.8 Å². The molecule has 2 fully saturated rings. The van der Waals surface area contributed by atoms with Crippen LogP contribution in [0.4, 0.5) is 9.52 Å². The van der Waals surface area contributed by atoms with E-state index in [4.69, 9.17) is 16.4 Å². The van der Waals surface area contributed by atoms with Crippen molar-refractivity contribution in [1.82, 2.24) is 19.6 Å². The molecule has 248 valence electrons. The molecule has 2 saturated heterocycles. The van der Waals surface area contributed by atoms with E-state index in [0.717, 1.165) is 28.2 Å². The lowest BCUT2D eigenvalue weighted by atomic mass is 9.77. The maximum Gasteiger partial charge on any atom is 0.313 e. The van der Waals surface area contributed by atoms with E-state index in [1.165, 1.54) is 16.7 Å². The molecule has 0 spiro atoms. The molecule has 2 amide bonds. The summed E-state index contributed by atoms with van der Waals surface area (Å²) in [6.45, 7) is -1.32. The lowest BCUT2D eigenvalue weighted by Crippen LogP contribution is -2.74. The van der Waals surface area contributed by atoms with Gasteiger partial charge in [0.15, 0.2) is 0 Å². The highest BCUT2D eigenvalue weighted by Crippen LogP contribution is 2.43. The van der Waals surface area contributed by atoms with Gasteiger partial charge in [-0.2, -0.15) is 9.36 Å². The van der Waals surface area contributed by atoms with Crippen LogP contribution in [0, 0.1) is 5.41 Å². The minimum absolute atomic E-state index is 0.0656. The molecule has 3 aromatic carbocycles. The number of carbonyl (C=O) groups is 3. The van der Waals surface area contributed by atoms with Gasteiger partial charge >= 0.3 is 5.97 Å². The van der Waals surface area contributed by atoms with E-state index in [9.17, 15) is 23.9 Å². The Morgan fingerprint density at radius 2 is 1.62 bits per heavy atom. The summed E-state index contributed by atoms with van der Waals surface area (Å²) in [6.07, 6.45) is 0. The largest absolute Gasteiger partial charge is 0.481 e. The van der Waals surface area contributed by atoms with Crippen LogP contribution in [0.1, 0.15) is 22.5 Å². The zero-order chi connectivity index (χ0) is 33.7. The predicted molar refractivity (Wildman–Crippen MR) is 182 cm³/mol. The summed E-state index contributed by atoms with van der Waals surface area (Å²) in [4.78, 5) is 49.6. The third-order valence-electron chi connectivity index (χ3n) is 8.23. The van der Waals surface area contributed by atoms with Crippen LogP contribution in [0.2, 0.25) is 0 Å². The summed E-state index contributed by atoms with van der Waals surface area (Å²) in [5, 5.41) is 19.7. The zero-order valence-corrected chi connectivity index (χ0v) is 27.7. The van der Waals surface area contributed by atoms with Gasteiger partial charge in [0.2, 0.25) is 22.6 Å². The number of benzene rings is 3. The third kappa shape index (κ3) is 6.22. The lowest BCUT2D eigenvalue weighted by molar-refractivity contribution is -0.157. The summed E-state index contributed by atoms with van der Waals surface area (Å²) in [7, 11) is 0. The van der Waals surface area contributed by atoms with Crippen LogP contribution in [0.3, 0.4) is 0 Å². The van der Waals surface area contributed by atoms with Gasteiger partial charge in [-0.1, -0.05) is 96.2 Å². The molecule has 48 heavy (non-hydrogen) atoms. The first-order valence-electron chi connectivity index (χ1n) is 14.9. The van der Waals surface area contributed by atoms with E-state index >= 15 is 0 Å². The second-order valence-corrected chi connectivity index (χ2v) is 13.3. The van der Waals surface area contributed by atoms with Crippen LogP contribution in [-0.4, -0.2) is 85.7 Å². The molecule has 3 heterocycles. The molecule has 15 heteroatoms. The molecule has 0 aliphatic carbocycles. The molecule has 0 bridgehead atoms. The fraction of sp³-hybridized carbons (Fsp3) is 0.273. The number of carboxylic acid groups (broad SMARTS) is 1. The first kappa shape index (κ1) is 33.4. The van der Waals surface area contributed by atoms with E-state index in [1.54, 1.807) is 0 Å². The van der Waals surface area contributed by atoms with E-state index < -0.39 is 53.4 Å². The number of β-lactam (4-membered cyclic amide) rings is 1. The first-order chi connectivity index (χ1) is 23.3. The number of fused-ring (bicyclic) bond motifs is 1. The SMILES string of the molecule is O=C(N[C@@H]1C(=O)N2CC(CCl)(C(=O)O)CS[C@H]12)C(=NOCCF)c1nsc(NC(c2ccccc2)(c2ccccc2)c2ccccc2)n1. The maximum absolute atomic E-state index is 13.6. The Balaban J connectivity index is 1.30. The van der Waals surface area contributed by atoms with E-state index in [0.29, 0.717) is 5.13 Å². The Morgan fingerprint density at radius 3 is 2.15 bits per heavy atom. The van der Waals surface area contributed by atoms with Gasteiger partial charge in [-0.05, 0) is 16.7 Å². The van der Waals surface area contributed by atoms with Crippen LogP contribution < -0.4 is 10.6 Å². The molecular formula is C33H30ClFN6O5S2. The van der Waals surface area contributed by atoms with Crippen molar-refractivity contribution in [3.05, 3.63) is 114 Å². The molecule has 2 aliphatic rings. The highest BCUT2D eigenvalue weighted by molar-refractivity contribution is 8.00. The smallest absolute Gasteiger partial charge is 0.313 e. The fourth-order valence-electron chi connectivity index (χ4n) is 5.74. The molecule has 11 nitrogen and oxygen atoms in total. The molecule has 2 aliphatic heterocycles. The Kier molecular flexibility index (Phi) is 9.94. The van der Waals surface area contributed by atoms with E-state index in [1.807, 2.05) is 91.0 Å². The normalized spacial score (nSPS) is 20.8. The number of nitrogens with one attached hydrogen (secondary N) is 2. The number of hydrogen-bond donors (Lipinski definition) is 3.